The summed E-state index contributed by atoms with van der Waals surface area (Å²) in [6.45, 7) is 9.49. The normalized spacial score (nSPS) is 15.9. The molecule has 0 radical (unpaired) electrons. The Hall–Kier alpha value is -1.49. The van der Waals surface area contributed by atoms with E-state index in [9.17, 15) is 4.79 Å². The lowest BCUT2D eigenvalue weighted by Gasteiger charge is -2.27. The SMILES string of the molecule is Cc1cc(-c2csc(=O)c(C)c2)ccc1CN1CCNCC1. The van der Waals surface area contributed by atoms with Gasteiger partial charge in [0.1, 0.15) is 0 Å². The van der Waals surface area contributed by atoms with Crippen molar-refractivity contribution >= 4 is 11.3 Å². The van der Waals surface area contributed by atoms with Crippen LogP contribution in [-0.4, -0.2) is 31.1 Å². The molecule has 1 aromatic carbocycles. The number of hydrogen-bond acceptors (Lipinski definition) is 4. The lowest BCUT2D eigenvalue weighted by Crippen LogP contribution is -2.42. The van der Waals surface area contributed by atoms with E-state index in [0.717, 1.165) is 43.9 Å². The number of nitrogens with zero attached hydrogens (tertiary/aromatic N) is 1. The highest BCUT2D eigenvalue weighted by atomic mass is 32.1. The zero-order valence-electron chi connectivity index (χ0n) is 13.2. The predicted octanol–water partition coefficient (Wildman–Crippen LogP) is 2.80. The third kappa shape index (κ3) is 3.46. The van der Waals surface area contributed by atoms with E-state index in [1.807, 2.05) is 18.4 Å². The quantitative estimate of drug-likeness (QED) is 0.945. The predicted molar refractivity (Wildman–Crippen MR) is 93.6 cm³/mol. The van der Waals surface area contributed by atoms with Gasteiger partial charge in [-0.15, -0.1) is 11.3 Å². The molecule has 0 unspecified atom stereocenters. The van der Waals surface area contributed by atoms with Crippen molar-refractivity contribution in [3.05, 3.63) is 55.9 Å². The van der Waals surface area contributed by atoms with Gasteiger partial charge in [0.2, 0.25) is 4.74 Å². The molecule has 0 spiro atoms. The highest BCUT2D eigenvalue weighted by Crippen LogP contribution is 2.24. The molecule has 4 heteroatoms. The summed E-state index contributed by atoms with van der Waals surface area (Å²) in [5, 5.41) is 5.35. The van der Waals surface area contributed by atoms with Gasteiger partial charge >= 0.3 is 0 Å². The fourth-order valence-corrected chi connectivity index (χ4v) is 3.53. The van der Waals surface area contributed by atoms with Gasteiger partial charge < -0.3 is 5.32 Å². The van der Waals surface area contributed by atoms with E-state index in [1.165, 1.54) is 28.0 Å². The minimum atomic E-state index is 0.149. The van der Waals surface area contributed by atoms with Gasteiger partial charge in [-0.1, -0.05) is 18.2 Å². The van der Waals surface area contributed by atoms with Gasteiger partial charge in [-0.3, -0.25) is 9.69 Å². The Labute approximate surface area is 135 Å². The molecule has 1 saturated heterocycles. The number of nitrogens with one attached hydrogen (secondary N) is 1. The van der Waals surface area contributed by atoms with E-state index in [2.05, 4.69) is 35.3 Å². The highest BCUT2D eigenvalue weighted by Gasteiger charge is 2.11. The molecule has 2 heterocycles. The molecule has 3 nitrogen and oxygen atoms in total. The molecule has 2 aromatic rings. The van der Waals surface area contributed by atoms with Crippen LogP contribution in [0.5, 0.6) is 0 Å². The molecule has 0 aliphatic carbocycles. The molecule has 0 amide bonds. The summed E-state index contributed by atoms with van der Waals surface area (Å²) >= 11 is 1.28. The maximum atomic E-state index is 11.6. The summed E-state index contributed by atoms with van der Waals surface area (Å²) in [5.41, 5.74) is 5.88. The molecular formula is C18H22N2OS. The van der Waals surface area contributed by atoms with Gasteiger partial charge in [-0.05, 0) is 42.2 Å². The molecule has 0 atom stereocenters. The smallest absolute Gasteiger partial charge is 0.235 e. The largest absolute Gasteiger partial charge is 0.314 e. The first kappa shape index (κ1) is 15.4. The Morgan fingerprint density at radius 1 is 1.09 bits per heavy atom. The molecule has 22 heavy (non-hydrogen) atoms. The van der Waals surface area contributed by atoms with E-state index < -0.39 is 0 Å². The van der Waals surface area contributed by atoms with Crippen molar-refractivity contribution in [2.24, 2.45) is 0 Å². The first-order chi connectivity index (χ1) is 10.6. The van der Waals surface area contributed by atoms with Crippen LogP contribution in [0.15, 0.2) is 34.4 Å². The summed E-state index contributed by atoms with van der Waals surface area (Å²) in [6.07, 6.45) is 0. The number of rotatable bonds is 3. The van der Waals surface area contributed by atoms with E-state index in [-0.39, 0.29) is 4.74 Å². The van der Waals surface area contributed by atoms with Crippen molar-refractivity contribution < 1.29 is 0 Å². The maximum Gasteiger partial charge on any atom is 0.235 e. The van der Waals surface area contributed by atoms with Crippen LogP contribution in [0.4, 0.5) is 0 Å². The van der Waals surface area contributed by atoms with E-state index >= 15 is 0 Å². The van der Waals surface area contributed by atoms with Crippen molar-refractivity contribution in [1.82, 2.24) is 10.2 Å². The third-order valence-electron chi connectivity index (χ3n) is 4.27. The van der Waals surface area contributed by atoms with Crippen molar-refractivity contribution in [1.29, 1.82) is 0 Å². The minimum absolute atomic E-state index is 0.149. The van der Waals surface area contributed by atoms with Crippen LogP contribution in [0, 0.1) is 13.8 Å². The Bertz CT molecular complexity index is 717. The fourth-order valence-electron chi connectivity index (χ4n) is 2.85. The van der Waals surface area contributed by atoms with Crippen molar-refractivity contribution in [3.8, 4) is 11.1 Å². The lowest BCUT2D eigenvalue weighted by atomic mass is 10.0. The summed E-state index contributed by atoms with van der Waals surface area (Å²) < 4.78 is 0.149. The second-order valence-corrected chi connectivity index (χ2v) is 6.82. The van der Waals surface area contributed by atoms with E-state index in [1.54, 1.807) is 0 Å². The van der Waals surface area contributed by atoms with E-state index in [4.69, 9.17) is 0 Å². The summed E-state index contributed by atoms with van der Waals surface area (Å²) in [5.74, 6) is 0. The van der Waals surface area contributed by atoms with Crippen molar-refractivity contribution in [2.45, 2.75) is 20.4 Å². The van der Waals surface area contributed by atoms with Crippen LogP contribution >= 0.6 is 11.3 Å². The molecule has 116 valence electrons. The van der Waals surface area contributed by atoms with Crippen molar-refractivity contribution in [2.75, 3.05) is 26.2 Å². The van der Waals surface area contributed by atoms with Crippen LogP contribution < -0.4 is 10.1 Å². The Morgan fingerprint density at radius 2 is 1.82 bits per heavy atom. The molecule has 3 rings (SSSR count). The van der Waals surface area contributed by atoms with Gasteiger partial charge in [0.15, 0.2) is 0 Å². The minimum Gasteiger partial charge on any atom is -0.314 e. The summed E-state index contributed by atoms with van der Waals surface area (Å²) in [4.78, 5) is 14.0. The van der Waals surface area contributed by atoms with Crippen LogP contribution in [0.1, 0.15) is 16.7 Å². The average molecular weight is 314 g/mol. The Kier molecular flexibility index (Phi) is 4.71. The molecular weight excluding hydrogens is 292 g/mol. The molecule has 0 bridgehead atoms. The zero-order chi connectivity index (χ0) is 15.5. The average Bonchev–Trinajstić information content (AvgIpc) is 2.53. The third-order valence-corrected chi connectivity index (χ3v) is 5.17. The number of piperazine rings is 1. The molecule has 1 aliphatic heterocycles. The maximum absolute atomic E-state index is 11.6. The van der Waals surface area contributed by atoms with Gasteiger partial charge in [0.05, 0.1) is 0 Å². The van der Waals surface area contributed by atoms with Gasteiger partial charge in [-0.25, -0.2) is 0 Å². The lowest BCUT2D eigenvalue weighted by molar-refractivity contribution is 0.233. The molecule has 0 saturated carbocycles. The van der Waals surface area contributed by atoms with Crippen LogP contribution in [0.25, 0.3) is 11.1 Å². The first-order valence-electron chi connectivity index (χ1n) is 7.76. The van der Waals surface area contributed by atoms with Crippen LogP contribution in [0.3, 0.4) is 0 Å². The van der Waals surface area contributed by atoms with E-state index in [0.29, 0.717) is 0 Å². The Balaban J connectivity index is 1.81. The van der Waals surface area contributed by atoms with Gasteiger partial charge in [0, 0.05) is 43.7 Å². The summed E-state index contributed by atoms with van der Waals surface area (Å²) in [7, 11) is 0. The first-order valence-corrected chi connectivity index (χ1v) is 8.64. The monoisotopic (exact) mass is 314 g/mol. The van der Waals surface area contributed by atoms with Gasteiger partial charge in [-0.2, -0.15) is 0 Å². The summed E-state index contributed by atoms with van der Waals surface area (Å²) in [6, 6.07) is 8.64. The molecule has 1 fully saturated rings. The molecule has 1 aromatic heterocycles. The fraction of sp³-hybridized carbons (Fsp3) is 0.389. The Morgan fingerprint density at radius 3 is 2.50 bits per heavy atom. The van der Waals surface area contributed by atoms with Crippen LogP contribution in [0.2, 0.25) is 0 Å². The van der Waals surface area contributed by atoms with Gasteiger partial charge in [0.25, 0.3) is 0 Å². The van der Waals surface area contributed by atoms with Crippen LogP contribution in [-0.2, 0) is 6.54 Å². The number of aryl methyl sites for hydroxylation is 2. The number of benzene rings is 1. The number of hydrogen-bond donors (Lipinski definition) is 1. The van der Waals surface area contributed by atoms with Crippen molar-refractivity contribution in [3.63, 3.8) is 0 Å². The second-order valence-electron chi connectivity index (χ2n) is 5.97. The zero-order valence-corrected chi connectivity index (χ0v) is 14.0. The molecule has 1 aliphatic rings. The highest BCUT2D eigenvalue weighted by molar-refractivity contribution is 7.07. The standard InChI is InChI=1S/C18H22N2OS/c1-13-9-15(17-10-14(2)18(21)22-12-17)3-4-16(13)11-20-7-5-19-6-8-20/h3-4,9-10,12,19H,5-8,11H2,1-2H3. The second kappa shape index (κ2) is 6.73. The topological polar surface area (TPSA) is 32.3 Å². The molecule has 1 N–H and O–H groups in total.